The highest BCUT2D eigenvalue weighted by atomic mass is 32.2. The SMILES string of the molecule is Cc1ccc(S(=O)(=O)N2CCC[C@H]([C@H](C)N)C2)c(C)c1. The second-order valence-electron chi connectivity index (χ2n) is 5.89. The van der Waals surface area contributed by atoms with Crippen LogP contribution in [0.25, 0.3) is 0 Å². The third-order valence-electron chi connectivity index (χ3n) is 4.11. The van der Waals surface area contributed by atoms with Crippen LogP contribution >= 0.6 is 0 Å². The normalized spacial score (nSPS) is 22.7. The highest BCUT2D eigenvalue weighted by Gasteiger charge is 2.32. The molecule has 0 aliphatic carbocycles. The van der Waals surface area contributed by atoms with Crippen molar-refractivity contribution in [2.45, 2.75) is 44.6 Å². The number of rotatable bonds is 3. The predicted octanol–water partition coefficient (Wildman–Crippen LogP) is 2.05. The van der Waals surface area contributed by atoms with E-state index in [-0.39, 0.29) is 12.0 Å². The van der Waals surface area contributed by atoms with Crippen LogP contribution in [-0.4, -0.2) is 31.9 Å². The van der Waals surface area contributed by atoms with Gasteiger partial charge in [0.2, 0.25) is 10.0 Å². The minimum Gasteiger partial charge on any atom is -0.328 e. The monoisotopic (exact) mass is 296 g/mol. The second kappa shape index (κ2) is 5.84. The average Bonchev–Trinajstić information content (AvgIpc) is 2.38. The molecule has 1 heterocycles. The van der Waals surface area contributed by atoms with Crippen LogP contribution in [0.1, 0.15) is 30.9 Å². The summed E-state index contributed by atoms with van der Waals surface area (Å²) in [5.41, 5.74) is 7.83. The number of aryl methyl sites for hydroxylation is 2. The second-order valence-corrected chi connectivity index (χ2v) is 7.80. The van der Waals surface area contributed by atoms with Crippen molar-refractivity contribution in [2.75, 3.05) is 13.1 Å². The van der Waals surface area contributed by atoms with Crippen LogP contribution in [0.2, 0.25) is 0 Å². The first-order valence-corrected chi connectivity index (χ1v) is 8.59. The van der Waals surface area contributed by atoms with Crippen LogP contribution in [0.3, 0.4) is 0 Å². The Hall–Kier alpha value is -0.910. The van der Waals surface area contributed by atoms with Crippen LogP contribution in [0, 0.1) is 19.8 Å². The number of sulfonamides is 1. The number of nitrogens with two attached hydrogens (primary N) is 1. The molecule has 1 aliphatic rings. The van der Waals surface area contributed by atoms with Crippen LogP contribution in [-0.2, 0) is 10.0 Å². The van der Waals surface area contributed by atoms with Crippen molar-refractivity contribution in [3.05, 3.63) is 29.3 Å². The van der Waals surface area contributed by atoms with Gasteiger partial charge in [-0.3, -0.25) is 0 Å². The zero-order valence-corrected chi connectivity index (χ0v) is 13.3. The van der Waals surface area contributed by atoms with Crippen molar-refractivity contribution in [1.29, 1.82) is 0 Å². The number of hydrogen-bond donors (Lipinski definition) is 1. The van der Waals surface area contributed by atoms with Gasteiger partial charge in [-0.05, 0) is 51.2 Å². The van der Waals surface area contributed by atoms with Gasteiger partial charge in [-0.25, -0.2) is 8.42 Å². The zero-order valence-electron chi connectivity index (χ0n) is 12.5. The highest BCUT2D eigenvalue weighted by Crippen LogP contribution is 2.27. The maximum Gasteiger partial charge on any atom is 0.243 e. The van der Waals surface area contributed by atoms with Crippen molar-refractivity contribution in [3.63, 3.8) is 0 Å². The Bertz CT molecular complexity index is 582. The fourth-order valence-corrected chi connectivity index (χ4v) is 4.59. The summed E-state index contributed by atoms with van der Waals surface area (Å²) in [6.07, 6.45) is 1.90. The van der Waals surface area contributed by atoms with Crippen molar-refractivity contribution in [2.24, 2.45) is 11.7 Å². The minimum atomic E-state index is -3.40. The van der Waals surface area contributed by atoms with E-state index in [0.717, 1.165) is 24.0 Å². The molecule has 0 aromatic heterocycles. The number of benzene rings is 1. The Morgan fingerprint density at radius 3 is 2.65 bits per heavy atom. The molecule has 2 atom stereocenters. The van der Waals surface area contributed by atoms with Crippen LogP contribution < -0.4 is 5.73 Å². The summed E-state index contributed by atoms with van der Waals surface area (Å²) in [4.78, 5) is 0.424. The Labute approximate surface area is 122 Å². The molecule has 0 radical (unpaired) electrons. The minimum absolute atomic E-state index is 0.0344. The highest BCUT2D eigenvalue weighted by molar-refractivity contribution is 7.89. The smallest absolute Gasteiger partial charge is 0.243 e. The molecule has 0 bridgehead atoms. The van der Waals surface area contributed by atoms with Gasteiger partial charge in [0, 0.05) is 19.1 Å². The van der Waals surface area contributed by atoms with Crippen LogP contribution in [0.4, 0.5) is 0 Å². The lowest BCUT2D eigenvalue weighted by Crippen LogP contribution is -2.45. The van der Waals surface area contributed by atoms with Gasteiger partial charge < -0.3 is 5.73 Å². The molecular weight excluding hydrogens is 272 g/mol. The Kier molecular flexibility index (Phi) is 4.52. The summed E-state index contributed by atoms with van der Waals surface area (Å²) in [7, 11) is -3.40. The lowest BCUT2D eigenvalue weighted by molar-refractivity contribution is 0.243. The third-order valence-corrected chi connectivity index (χ3v) is 6.14. The summed E-state index contributed by atoms with van der Waals surface area (Å²) in [6.45, 7) is 6.91. The summed E-state index contributed by atoms with van der Waals surface area (Å²) < 4.78 is 27.1. The van der Waals surface area contributed by atoms with Crippen molar-refractivity contribution in [3.8, 4) is 0 Å². The van der Waals surface area contributed by atoms with E-state index in [1.807, 2.05) is 32.9 Å². The van der Waals surface area contributed by atoms with Crippen molar-refractivity contribution < 1.29 is 8.42 Å². The molecule has 0 unspecified atom stereocenters. The summed E-state index contributed by atoms with van der Waals surface area (Å²) >= 11 is 0. The molecule has 1 aromatic carbocycles. The molecule has 5 heteroatoms. The van der Waals surface area contributed by atoms with Gasteiger partial charge in [0.15, 0.2) is 0 Å². The molecule has 112 valence electrons. The molecule has 1 fully saturated rings. The summed E-state index contributed by atoms with van der Waals surface area (Å²) in [5, 5.41) is 0. The average molecular weight is 296 g/mol. The van der Waals surface area contributed by atoms with E-state index in [0.29, 0.717) is 18.0 Å². The van der Waals surface area contributed by atoms with Crippen LogP contribution in [0.15, 0.2) is 23.1 Å². The largest absolute Gasteiger partial charge is 0.328 e. The Morgan fingerprint density at radius 2 is 2.05 bits per heavy atom. The zero-order chi connectivity index (χ0) is 14.9. The lowest BCUT2D eigenvalue weighted by atomic mass is 9.93. The van der Waals surface area contributed by atoms with Gasteiger partial charge in [0.05, 0.1) is 4.90 Å². The van der Waals surface area contributed by atoms with Gasteiger partial charge in [-0.1, -0.05) is 17.7 Å². The van der Waals surface area contributed by atoms with Gasteiger partial charge in [-0.15, -0.1) is 0 Å². The lowest BCUT2D eigenvalue weighted by Gasteiger charge is -2.34. The fourth-order valence-electron chi connectivity index (χ4n) is 2.85. The summed E-state index contributed by atoms with van der Waals surface area (Å²) in [6, 6.07) is 5.52. The molecule has 1 aliphatic heterocycles. The van der Waals surface area contributed by atoms with E-state index in [9.17, 15) is 8.42 Å². The molecule has 2 rings (SSSR count). The molecule has 20 heavy (non-hydrogen) atoms. The van der Waals surface area contributed by atoms with Crippen molar-refractivity contribution in [1.82, 2.24) is 4.31 Å². The molecule has 2 N–H and O–H groups in total. The maximum atomic E-state index is 12.8. The summed E-state index contributed by atoms with van der Waals surface area (Å²) in [5.74, 6) is 0.254. The standard InChI is InChI=1S/C15H24N2O2S/c1-11-6-7-15(12(2)9-11)20(18,19)17-8-4-5-14(10-17)13(3)16/h6-7,9,13-14H,4-5,8,10,16H2,1-3H3/t13-,14-/m0/s1. The first kappa shape index (κ1) is 15.5. The van der Waals surface area contributed by atoms with Crippen molar-refractivity contribution >= 4 is 10.0 Å². The van der Waals surface area contributed by atoms with E-state index in [1.54, 1.807) is 10.4 Å². The quantitative estimate of drug-likeness (QED) is 0.928. The maximum absolute atomic E-state index is 12.8. The van der Waals surface area contributed by atoms with E-state index in [1.165, 1.54) is 0 Å². The van der Waals surface area contributed by atoms with E-state index >= 15 is 0 Å². The molecule has 0 spiro atoms. The molecular formula is C15H24N2O2S. The number of nitrogens with zero attached hydrogens (tertiary/aromatic N) is 1. The van der Waals surface area contributed by atoms with E-state index < -0.39 is 10.0 Å². The third kappa shape index (κ3) is 3.05. The Morgan fingerprint density at radius 1 is 1.35 bits per heavy atom. The first-order valence-electron chi connectivity index (χ1n) is 7.15. The van der Waals surface area contributed by atoms with Crippen LogP contribution in [0.5, 0.6) is 0 Å². The van der Waals surface area contributed by atoms with Gasteiger partial charge in [0.25, 0.3) is 0 Å². The number of hydrogen-bond acceptors (Lipinski definition) is 3. The molecule has 0 saturated carbocycles. The Balaban J connectivity index is 2.30. The molecule has 1 aromatic rings. The molecule has 0 amide bonds. The van der Waals surface area contributed by atoms with Gasteiger partial charge >= 0.3 is 0 Å². The predicted molar refractivity (Wildman–Crippen MR) is 81.0 cm³/mol. The molecule has 4 nitrogen and oxygen atoms in total. The topological polar surface area (TPSA) is 63.4 Å². The van der Waals surface area contributed by atoms with E-state index in [4.69, 9.17) is 5.73 Å². The van der Waals surface area contributed by atoms with E-state index in [2.05, 4.69) is 0 Å². The molecule has 1 saturated heterocycles. The first-order chi connectivity index (χ1) is 9.32. The number of piperidine rings is 1. The fraction of sp³-hybridized carbons (Fsp3) is 0.600. The van der Waals surface area contributed by atoms with Gasteiger partial charge in [-0.2, -0.15) is 4.31 Å². The van der Waals surface area contributed by atoms with Gasteiger partial charge in [0.1, 0.15) is 0 Å².